The van der Waals surface area contributed by atoms with Crippen molar-refractivity contribution in [3.05, 3.63) is 57.2 Å². The lowest BCUT2D eigenvalue weighted by Gasteiger charge is -2.26. The molecule has 192 valence electrons. The van der Waals surface area contributed by atoms with E-state index in [-0.39, 0.29) is 11.5 Å². The van der Waals surface area contributed by atoms with Crippen LogP contribution in [0.15, 0.2) is 57.6 Å². The summed E-state index contributed by atoms with van der Waals surface area (Å²) in [5.74, 6) is -0.703. The van der Waals surface area contributed by atoms with Gasteiger partial charge in [-0.15, -0.1) is 0 Å². The molecule has 0 bridgehead atoms. The lowest BCUT2D eigenvalue weighted by atomic mass is 9.95. The number of hydrogen-bond donors (Lipinski definition) is 2. The van der Waals surface area contributed by atoms with Gasteiger partial charge in [-0.25, -0.2) is 14.8 Å². The van der Waals surface area contributed by atoms with Crippen molar-refractivity contribution in [1.29, 1.82) is 5.26 Å². The Balaban J connectivity index is 1.71. The van der Waals surface area contributed by atoms with Gasteiger partial charge in [0.2, 0.25) is 5.96 Å². The number of amidine groups is 1. The van der Waals surface area contributed by atoms with Crippen molar-refractivity contribution in [3.63, 3.8) is 0 Å². The summed E-state index contributed by atoms with van der Waals surface area (Å²) in [6.07, 6.45) is -10.4. The number of hydrogen-bond acceptors (Lipinski definition) is 5. The zero-order valence-corrected chi connectivity index (χ0v) is 20.7. The van der Waals surface area contributed by atoms with Crippen molar-refractivity contribution in [3.8, 4) is 6.07 Å². The van der Waals surface area contributed by atoms with Crippen molar-refractivity contribution in [2.75, 3.05) is 5.32 Å². The quantitative estimate of drug-likeness (QED) is 0.324. The molecule has 2 aliphatic rings. The van der Waals surface area contributed by atoms with E-state index in [0.717, 1.165) is 20.7 Å². The molecule has 0 saturated heterocycles. The number of benzene rings is 2. The number of carbonyl (C=O) groups is 1. The third-order valence-electron chi connectivity index (χ3n) is 5.41. The van der Waals surface area contributed by atoms with Gasteiger partial charge in [0.25, 0.3) is 0 Å². The Labute approximate surface area is 218 Å². The van der Waals surface area contributed by atoms with Gasteiger partial charge in [-0.1, -0.05) is 0 Å². The smallest absolute Gasteiger partial charge is 0.308 e. The molecular formula is C22H14F6IN7O. The molecule has 1 atom stereocenters. The van der Waals surface area contributed by atoms with E-state index < -0.39 is 53.1 Å². The van der Waals surface area contributed by atoms with Crippen LogP contribution in [0, 0.1) is 14.9 Å². The number of urea groups is 1. The summed E-state index contributed by atoms with van der Waals surface area (Å²) in [6, 6.07) is 9.87. The number of rotatable bonds is 2. The number of aliphatic imine (C=N–C) groups is 2. The van der Waals surface area contributed by atoms with Gasteiger partial charge >= 0.3 is 18.4 Å². The van der Waals surface area contributed by atoms with Gasteiger partial charge in [0.1, 0.15) is 11.3 Å². The van der Waals surface area contributed by atoms with Crippen LogP contribution in [0.4, 0.5) is 42.5 Å². The van der Waals surface area contributed by atoms with Crippen LogP contribution in [-0.2, 0) is 6.18 Å². The predicted octanol–water partition coefficient (Wildman–Crippen LogP) is 5.79. The number of anilines is 1. The molecule has 0 aliphatic carbocycles. The van der Waals surface area contributed by atoms with E-state index >= 15 is 0 Å². The van der Waals surface area contributed by atoms with Crippen molar-refractivity contribution in [2.45, 2.75) is 31.2 Å². The van der Waals surface area contributed by atoms with Gasteiger partial charge in [-0.2, -0.15) is 41.7 Å². The highest BCUT2D eigenvalue weighted by atomic mass is 127. The van der Waals surface area contributed by atoms with Crippen LogP contribution in [0.25, 0.3) is 0 Å². The summed E-state index contributed by atoms with van der Waals surface area (Å²) in [4.78, 5) is 20.7. The van der Waals surface area contributed by atoms with Gasteiger partial charge in [-0.3, -0.25) is 5.32 Å². The first-order chi connectivity index (χ1) is 17.2. The number of nitriles is 1. The molecule has 0 saturated carbocycles. The summed E-state index contributed by atoms with van der Waals surface area (Å²) in [5, 5.41) is 18.2. The molecule has 0 radical (unpaired) electrons. The summed E-state index contributed by atoms with van der Waals surface area (Å²) in [6.45, 7) is 1.32. The van der Waals surface area contributed by atoms with E-state index in [2.05, 4.69) is 48.3 Å². The number of nitrogens with one attached hydrogen (secondary N) is 2. The zero-order chi connectivity index (χ0) is 27.2. The second-order valence-electron chi connectivity index (χ2n) is 8.10. The predicted molar refractivity (Wildman–Crippen MR) is 130 cm³/mol. The van der Waals surface area contributed by atoms with Crippen molar-refractivity contribution in [2.24, 2.45) is 15.1 Å². The average Bonchev–Trinajstić information content (AvgIpc) is 3.28. The van der Waals surface area contributed by atoms with E-state index in [9.17, 15) is 31.1 Å². The minimum atomic E-state index is -4.86. The maximum atomic E-state index is 13.5. The molecule has 0 aromatic heterocycles. The highest BCUT2D eigenvalue weighted by Gasteiger charge is 2.56. The Kier molecular flexibility index (Phi) is 6.65. The van der Waals surface area contributed by atoms with Crippen molar-refractivity contribution >= 4 is 57.5 Å². The number of nitrogens with zero attached hydrogens (tertiary/aromatic N) is 5. The fourth-order valence-corrected chi connectivity index (χ4v) is 3.99. The molecule has 4 rings (SSSR count). The number of carbonyl (C=O) groups excluding carboxylic acids is 1. The topological polar surface area (TPSA) is 105 Å². The Morgan fingerprint density at radius 2 is 1.78 bits per heavy atom. The number of hydrazone groups is 1. The maximum absolute atomic E-state index is 13.5. The monoisotopic (exact) mass is 633 g/mol. The number of alkyl halides is 6. The van der Waals surface area contributed by atoms with Crippen LogP contribution in [0.1, 0.15) is 24.5 Å². The molecule has 2 aromatic carbocycles. The molecular weight excluding hydrogens is 619 g/mol. The van der Waals surface area contributed by atoms with Crippen LogP contribution in [0.2, 0.25) is 0 Å². The molecule has 2 aromatic rings. The lowest BCUT2D eigenvalue weighted by molar-refractivity contribution is -0.137. The van der Waals surface area contributed by atoms with Crippen molar-refractivity contribution in [1.82, 2.24) is 10.3 Å². The molecule has 8 nitrogen and oxygen atoms in total. The molecule has 2 heterocycles. The second-order valence-corrected chi connectivity index (χ2v) is 9.35. The van der Waals surface area contributed by atoms with E-state index in [1.54, 1.807) is 24.3 Å². The molecule has 2 aliphatic heterocycles. The van der Waals surface area contributed by atoms with Crippen LogP contribution >= 0.6 is 22.6 Å². The van der Waals surface area contributed by atoms with Crippen LogP contribution in [0.3, 0.4) is 0 Å². The van der Waals surface area contributed by atoms with E-state index in [4.69, 9.17) is 5.26 Å². The first kappa shape index (κ1) is 26.4. The van der Waals surface area contributed by atoms with Gasteiger partial charge < -0.3 is 5.32 Å². The van der Waals surface area contributed by atoms with Gasteiger partial charge in [0.15, 0.2) is 5.84 Å². The SMILES string of the molecule is CC12CC(C(F)(F)F)=NN1C(NC(=O)Nc1ccc(I)cc1)=NC2=Nc1ccc(C#N)c(C(F)(F)F)c1. The summed E-state index contributed by atoms with van der Waals surface area (Å²) in [7, 11) is 0. The third kappa shape index (κ3) is 5.38. The minimum absolute atomic E-state index is 0.295. The molecule has 0 spiro atoms. The number of halogens is 7. The third-order valence-corrected chi connectivity index (χ3v) is 6.13. The number of fused-ring (bicyclic) bond motifs is 1. The Morgan fingerprint density at radius 1 is 1.11 bits per heavy atom. The van der Waals surface area contributed by atoms with Crippen LogP contribution in [-0.4, -0.2) is 40.3 Å². The molecule has 0 fully saturated rings. The fraction of sp³-hybridized carbons (Fsp3) is 0.227. The normalized spacial score (nSPS) is 20.3. The van der Waals surface area contributed by atoms with Crippen molar-refractivity contribution < 1.29 is 31.1 Å². The first-order valence-electron chi connectivity index (χ1n) is 10.3. The first-order valence-corrected chi connectivity index (χ1v) is 11.4. The maximum Gasteiger partial charge on any atom is 0.431 e. The molecule has 2 N–H and O–H groups in total. The fourth-order valence-electron chi connectivity index (χ4n) is 3.63. The molecule has 37 heavy (non-hydrogen) atoms. The Bertz CT molecular complexity index is 1390. The minimum Gasteiger partial charge on any atom is -0.308 e. The number of guanidine groups is 1. The Morgan fingerprint density at radius 3 is 2.38 bits per heavy atom. The van der Waals surface area contributed by atoms with Gasteiger partial charge in [0.05, 0.1) is 22.9 Å². The van der Waals surface area contributed by atoms with E-state index in [0.29, 0.717) is 11.8 Å². The molecule has 15 heteroatoms. The number of amides is 2. The van der Waals surface area contributed by atoms with Crippen LogP contribution < -0.4 is 10.6 Å². The largest absolute Gasteiger partial charge is 0.431 e. The highest BCUT2D eigenvalue weighted by molar-refractivity contribution is 14.1. The second kappa shape index (κ2) is 9.32. The van der Waals surface area contributed by atoms with Crippen LogP contribution in [0.5, 0.6) is 0 Å². The van der Waals surface area contributed by atoms with E-state index in [1.165, 1.54) is 13.0 Å². The summed E-state index contributed by atoms with van der Waals surface area (Å²) in [5.41, 5.74) is -4.62. The molecule has 1 unspecified atom stereocenters. The van der Waals surface area contributed by atoms with E-state index in [1.807, 2.05) is 0 Å². The zero-order valence-electron chi connectivity index (χ0n) is 18.5. The summed E-state index contributed by atoms with van der Waals surface area (Å²) < 4.78 is 81.5. The summed E-state index contributed by atoms with van der Waals surface area (Å²) >= 11 is 2.07. The van der Waals surface area contributed by atoms with Gasteiger partial charge in [-0.05, 0) is 72.0 Å². The standard InChI is InChI=1S/C22H14F6IN7O/c1-20-9-16(22(26,27)28)35-36(20)18(34-19(37)32-13-6-3-12(29)4-7-13)33-17(20)31-14-5-2-11(10-30)15(8-14)21(23,24)25/h2-8H,9H2,1H3,(H2,31,32,33,34,37). The lowest BCUT2D eigenvalue weighted by Crippen LogP contribution is -2.48. The Hall–Kier alpha value is -3.68. The average molecular weight is 633 g/mol. The highest BCUT2D eigenvalue weighted by Crippen LogP contribution is 2.40. The van der Waals surface area contributed by atoms with Gasteiger partial charge in [0, 0.05) is 15.7 Å². The molecule has 2 amide bonds.